The molecule has 0 aliphatic carbocycles. The fourth-order valence-electron chi connectivity index (χ4n) is 1.25. The largest absolute Gasteiger partial charge is 0.484 e. The normalized spacial score (nSPS) is 12.2. The van der Waals surface area contributed by atoms with Crippen molar-refractivity contribution >= 4 is 11.6 Å². The van der Waals surface area contributed by atoms with Crippen LogP contribution in [0.5, 0.6) is 5.75 Å². The van der Waals surface area contributed by atoms with Crippen molar-refractivity contribution in [3.63, 3.8) is 0 Å². The van der Waals surface area contributed by atoms with Crippen LogP contribution in [-0.4, -0.2) is 44.1 Å². The van der Waals surface area contributed by atoms with Crippen molar-refractivity contribution in [2.75, 3.05) is 33.0 Å². The van der Waals surface area contributed by atoms with Crippen molar-refractivity contribution in [2.24, 2.45) is 0 Å². The van der Waals surface area contributed by atoms with Gasteiger partial charge in [-0.05, 0) is 33.2 Å². The molecule has 1 aromatic carbocycles. The molecular formula is C13H21N3O2. The summed E-state index contributed by atoms with van der Waals surface area (Å²) >= 11 is 0. The van der Waals surface area contributed by atoms with Gasteiger partial charge in [-0.1, -0.05) is 6.07 Å². The van der Waals surface area contributed by atoms with E-state index in [2.05, 4.69) is 5.32 Å². The lowest BCUT2D eigenvalue weighted by Crippen LogP contribution is -2.40. The van der Waals surface area contributed by atoms with E-state index in [9.17, 15) is 4.79 Å². The molecule has 0 heterocycles. The fourth-order valence-corrected chi connectivity index (χ4v) is 1.25. The third-order valence-corrected chi connectivity index (χ3v) is 2.70. The number of ether oxygens (including phenoxy) is 1. The Kier molecular flexibility index (Phi) is 5.45. The number of carbonyl (C=O) groups excluding carboxylic acids is 1. The number of anilines is 1. The van der Waals surface area contributed by atoms with E-state index in [1.807, 2.05) is 25.9 Å². The predicted molar refractivity (Wildman–Crippen MR) is 72.5 cm³/mol. The lowest BCUT2D eigenvalue weighted by atomic mass is 10.3. The molecule has 1 amide bonds. The molecule has 0 saturated carbocycles. The van der Waals surface area contributed by atoms with Gasteiger partial charge in [0.05, 0.1) is 0 Å². The van der Waals surface area contributed by atoms with Gasteiger partial charge in [0.2, 0.25) is 0 Å². The molecule has 0 aliphatic heterocycles. The van der Waals surface area contributed by atoms with Gasteiger partial charge in [0.25, 0.3) is 5.91 Å². The summed E-state index contributed by atoms with van der Waals surface area (Å²) < 4.78 is 5.34. The highest BCUT2D eigenvalue weighted by Gasteiger charge is 2.07. The monoisotopic (exact) mass is 251 g/mol. The first-order chi connectivity index (χ1) is 8.49. The van der Waals surface area contributed by atoms with Crippen LogP contribution in [0.1, 0.15) is 6.92 Å². The maximum Gasteiger partial charge on any atom is 0.257 e. The zero-order valence-corrected chi connectivity index (χ0v) is 11.1. The van der Waals surface area contributed by atoms with E-state index in [-0.39, 0.29) is 12.5 Å². The highest BCUT2D eigenvalue weighted by molar-refractivity contribution is 5.77. The minimum absolute atomic E-state index is 0.00357. The summed E-state index contributed by atoms with van der Waals surface area (Å²) in [4.78, 5) is 13.6. The number of hydrogen-bond acceptors (Lipinski definition) is 4. The number of hydrogen-bond donors (Lipinski definition) is 2. The third-order valence-electron chi connectivity index (χ3n) is 2.70. The molecule has 5 nitrogen and oxygen atoms in total. The van der Waals surface area contributed by atoms with E-state index in [0.717, 1.165) is 0 Å². The number of amides is 1. The van der Waals surface area contributed by atoms with E-state index in [1.54, 1.807) is 24.3 Å². The highest BCUT2D eigenvalue weighted by atomic mass is 16.5. The minimum Gasteiger partial charge on any atom is -0.484 e. The van der Waals surface area contributed by atoms with E-state index in [4.69, 9.17) is 10.5 Å². The first kappa shape index (κ1) is 14.3. The van der Waals surface area contributed by atoms with Crippen molar-refractivity contribution in [1.82, 2.24) is 10.2 Å². The topological polar surface area (TPSA) is 67.6 Å². The van der Waals surface area contributed by atoms with Gasteiger partial charge in [-0.2, -0.15) is 0 Å². The second-order valence-electron chi connectivity index (χ2n) is 4.48. The molecule has 18 heavy (non-hydrogen) atoms. The van der Waals surface area contributed by atoms with Gasteiger partial charge in [-0.3, -0.25) is 4.79 Å². The van der Waals surface area contributed by atoms with Gasteiger partial charge in [0.1, 0.15) is 5.75 Å². The van der Waals surface area contributed by atoms with Crippen molar-refractivity contribution in [2.45, 2.75) is 13.0 Å². The molecule has 1 unspecified atom stereocenters. The van der Waals surface area contributed by atoms with E-state index < -0.39 is 0 Å². The molecule has 3 N–H and O–H groups in total. The Morgan fingerprint density at radius 2 is 2.22 bits per heavy atom. The summed E-state index contributed by atoms with van der Waals surface area (Å²) in [5, 5.41) is 2.81. The smallest absolute Gasteiger partial charge is 0.257 e. The highest BCUT2D eigenvalue weighted by Crippen LogP contribution is 2.13. The molecule has 100 valence electrons. The molecule has 1 atom stereocenters. The van der Waals surface area contributed by atoms with Crippen molar-refractivity contribution in [3.8, 4) is 5.75 Å². The Morgan fingerprint density at radius 3 is 2.83 bits per heavy atom. The second-order valence-corrected chi connectivity index (χ2v) is 4.48. The van der Waals surface area contributed by atoms with Crippen LogP contribution in [0.2, 0.25) is 0 Å². The lowest BCUT2D eigenvalue weighted by Gasteiger charge is -2.19. The van der Waals surface area contributed by atoms with Gasteiger partial charge in [-0.15, -0.1) is 0 Å². The van der Waals surface area contributed by atoms with E-state index in [1.165, 1.54) is 0 Å². The first-order valence-electron chi connectivity index (χ1n) is 5.90. The van der Waals surface area contributed by atoms with Gasteiger partial charge < -0.3 is 20.7 Å². The number of rotatable bonds is 6. The molecule has 1 aromatic rings. The number of likely N-dealkylation sites (N-methyl/N-ethyl adjacent to an activating group) is 1. The average molecular weight is 251 g/mol. The molecule has 0 fully saturated rings. The second kappa shape index (κ2) is 6.86. The zero-order valence-electron chi connectivity index (χ0n) is 11.1. The quantitative estimate of drug-likeness (QED) is 0.731. The standard InChI is InChI=1S/C13H21N3O2/c1-10(16(2)3)8-15-13(17)9-18-12-6-4-5-11(14)7-12/h4-7,10H,8-9,14H2,1-3H3,(H,15,17). The maximum absolute atomic E-state index is 11.5. The summed E-state index contributed by atoms with van der Waals surface area (Å²) in [5.41, 5.74) is 6.23. The summed E-state index contributed by atoms with van der Waals surface area (Å²) in [6.45, 7) is 2.65. The van der Waals surface area contributed by atoms with E-state index >= 15 is 0 Å². The molecule has 0 radical (unpaired) electrons. The Bertz CT molecular complexity index is 394. The van der Waals surface area contributed by atoms with Crippen molar-refractivity contribution in [3.05, 3.63) is 24.3 Å². The van der Waals surface area contributed by atoms with Crippen LogP contribution in [0.15, 0.2) is 24.3 Å². The van der Waals surface area contributed by atoms with Gasteiger partial charge in [0, 0.05) is 24.3 Å². The molecule has 1 rings (SSSR count). The Hall–Kier alpha value is -1.75. The lowest BCUT2D eigenvalue weighted by molar-refractivity contribution is -0.123. The van der Waals surface area contributed by atoms with Crippen molar-refractivity contribution in [1.29, 1.82) is 0 Å². The molecule has 0 spiro atoms. The molecular weight excluding hydrogens is 230 g/mol. The van der Waals surface area contributed by atoms with Crippen LogP contribution in [-0.2, 0) is 4.79 Å². The SMILES string of the molecule is CC(CNC(=O)COc1cccc(N)c1)N(C)C. The van der Waals surface area contributed by atoms with Crippen LogP contribution in [0.25, 0.3) is 0 Å². The molecule has 5 heteroatoms. The molecule has 0 aliphatic rings. The number of nitrogens with two attached hydrogens (primary N) is 1. The minimum atomic E-state index is -0.133. The van der Waals surface area contributed by atoms with E-state index in [0.29, 0.717) is 24.0 Å². The Morgan fingerprint density at radius 1 is 1.50 bits per heavy atom. The third kappa shape index (κ3) is 5.05. The van der Waals surface area contributed by atoms with Gasteiger partial charge in [0.15, 0.2) is 6.61 Å². The number of benzene rings is 1. The van der Waals surface area contributed by atoms with Gasteiger partial charge >= 0.3 is 0 Å². The first-order valence-corrected chi connectivity index (χ1v) is 5.90. The molecule has 0 aromatic heterocycles. The maximum atomic E-state index is 11.5. The summed E-state index contributed by atoms with van der Waals surface area (Å²) in [6.07, 6.45) is 0. The molecule has 0 saturated heterocycles. The predicted octanol–water partition coefficient (Wildman–Crippen LogP) is 0.714. The summed E-state index contributed by atoms with van der Waals surface area (Å²) in [5.74, 6) is 0.469. The summed E-state index contributed by atoms with van der Waals surface area (Å²) in [6, 6.07) is 7.31. The number of nitrogen functional groups attached to an aromatic ring is 1. The number of carbonyl (C=O) groups is 1. The van der Waals surface area contributed by atoms with Crippen LogP contribution >= 0.6 is 0 Å². The number of nitrogens with zero attached hydrogens (tertiary/aromatic N) is 1. The Labute approximate surface area is 108 Å². The van der Waals surface area contributed by atoms with Gasteiger partial charge in [-0.25, -0.2) is 0 Å². The van der Waals surface area contributed by atoms with Crippen LogP contribution in [0, 0.1) is 0 Å². The fraction of sp³-hybridized carbons (Fsp3) is 0.462. The number of nitrogens with one attached hydrogen (secondary N) is 1. The van der Waals surface area contributed by atoms with Crippen LogP contribution in [0.4, 0.5) is 5.69 Å². The zero-order chi connectivity index (χ0) is 13.5. The summed E-state index contributed by atoms with van der Waals surface area (Å²) in [7, 11) is 3.94. The van der Waals surface area contributed by atoms with Crippen molar-refractivity contribution < 1.29 is 9.53 Å². The van der Waals surface area contributed by atoms with Crippen LogP contribution in [0.3, 0.4) is 0 Å². The van der Waals surface area contributed by atoms with Crippen LogP contribution < -0.4 is 15.8 Å². The Balaban J connectivity index is 2.29. The average Bonchev–Trinajstić information content (AvgIpc) is 2.33. The molecule has 0 bridgehead atoms.